The molecule has 0 saturated carbocycles. The molecular weight excluding hydrogens is 220 g/mol. The molecule has 6 heteroatoms. The highest BCUT2D eigenvalue weighted by Gasteiger charge is 2.31. The zero-order valence-corrected chi connectivity index (χ0v) is 9.94. The lowest BCUT2D eigenvalue weighted by Crippen LogP contribution is -2.44. The van der Waals surface area contributed by atoms with Crippen LogP contribution >= 0.6 is 11.8 Å². The van der Waals surface area contributed by atoms with Crippen LogP contribution < -0.4 is 0 Å². The van der Waals surface area contributed by atoms with E-state index in [1.165, 1.54) is 11.2 Å². The summed E-state index contributed by atoms with van der Waals surface area (Å²) in [5, 5.41) is 8.00. The standard InChI is InChI=1S/C8H14N2O2S2/c1-7-6-10(3-4-13-7)14(11,12)8(2)5-9/h7-8H,3-4,6H2,1-2H3. The molecule has 0 aromatic rings. The Balaban J connectivity index is 2.78. The Kier molecular flexibility index (Phi) is 3.81. The zero-order valence-electron chi connectivity index (χ0n) is 8.30. The van der Waals surface area contributed by atoms with Gasteiger partial charge in [-0.05, 0) is 6.92 Å². The lowest BCUT2D eigenvalue weighted by Gasteiger charge is -2.30. The molecule has 0 radical (unpaired) electrons. The monoisotopic (exact) mass is 234 g/mol. The van der Waals surface area contributed by atoms with Crippen molar-refractivity contribution in [3.8, 4) is 6.07 Å². The fourth-order valence-corrected chi connectivity index (χ4v) is 3.89. The van der Waals surface area contributed by atoms with E-state index in [2.05, 4.69) is 0 Å². The summed E-state index contributed by atoms with van der Waals surface area (Å²) in [7, 11) is -3.39. The van der Waals surface area contributed by atoms with Crippen molar-refractivity contribution in [1.29, 1.82) is 5.26 Å². The van der Waals surface area contributed by atoms with Gasteiger partial charge in [-0.1, -0.05) is 6.92 Å². The SMILES string of the molecule is CC1CN(S(=O)(=O)C(C)C#N)CCS1. The van der Waals surface area contributed by atoms with E-state index in [4.69, 9.17) is 5.26 Å². The molecule has 1 heterocycles. The summed E-state index contributed by atoms with van der Waals surface area (Å²) in [4.78, 5) is 0. The van der Waals surface area contributed by atoms with E-state index in [-0.39, 0.29) is 0 Å². The summed E-state index contributed by atoms with van der Waals surface area (Å²) >= 11 is 1.77. The van der Waals surface area contributed by atoms with Gasteiger partial charge in [0.05, 0.1) is 6.07 Å². The third kappa shape index (κ3) is 2.41. The summed E-state index contributed by atoms with van der Waals surface area (Å²) < 4.78 is 24.9. The van der Waals surface area contributed by atoms with Gasteiger partial charge in [0.2, 0.25) is 10.0 Å². The second-order valence-corrected chi connectivity index (χ2v) is 7.16. The van der Waals surface area contributed by atoms with Crippen molar-refractivity contribution in [3.63, 3.8) is 0 Å². The molecule has 1 fully saturated rings. The normalized spacial score (nSPS) is 26.8. The number of rotatable bonds is 2. The van der Waals surface area contributed by atoms with Crippen LogP contribution in [0.1, 0.15) is 13.8 Å². The highest BCUT2D eigenvalue weighted by atomic mass is 32.2. The molecule has 0 N–H and O–H groups in total. The Bertz CT molecular complexity index is 334. The molecule has 2 unspecified atom stereocenters. The maximum absolute atomic E-state index is 11.8. The molecule has 2 atom stereocenters. The van der Waals surface area contributed by atoms with Gasteiger partial charge in [0, 0.05) is 24.1 Å². The van der Waals surface area contributed by atoms with Crippen LogP contribution in [0.2, 0.25) is 0 Å². The van der Waals surface area contributed by atoms with Crippen molar-refractivity contribution >= 4 is 21.8 Å². The molecule has 1 saturated heterocycles. The summed E-state index contributed by atoms with van der Waals surface area (Å²) in [5.41, 5.74) is 0. The third-order valence-corrected chi connectivity index (χ3v) is 5.38. The second-order valence-electron chi connectivity index (χ2n) is 3.36. The first-order valence-electron chi connectivity index (χ1n) is 4.48. The number of nitriles is 1. The average molecular weight is 234 g/mol. The van der Waals surface area contributed by atoms with Crippen LogP contribution in [-0.2, 0) is 10.0 Å². The van der Waals surface area contributed by atoms with Crippen LogP contribution in [0.5, 0.6) is 0 Å². The van der Waals surface area contributed by atoms with Gasteiger partial charge in [-0.15, -0.1) is 0 Å². The fourth-order valence-electron chi connectivity index (χ4n) is 1.31. The molecule has 80 valence electrons. The van der Waals surface area contributed by atoms with Gasteiger partial charge in [-0.25, -0.2) is 8.42 Å². The van der Waals surface area contributed by atoms with Crippen LogP contribution in [0.25, 0.3) is 0 Å². The minimum absolute atomic E-state index is 0.324. The Hall–Kier alpha value is -0.250. The van der Waals surface area contributed by atoms with Gasteiger partial charge in [-0.3, -0.25) is 0 Å². The van der Waals surface area contributed by atoms with Crippen molar-refractivity contribution in [1.82, 2.24) is 4.31 Å². The molecule has 1 aliphatic heterocycles. The molecule has 0 aliphatic carbocycles. The van der Waals surface area contributed by atoms with Crippen LogP contribution in [-0.4, -0.2) is 42.1 Å². The molecular formula is C8H14N2O2S2. The highest BCUT2D eigenvalue weighted by Crippen LogP contribution is 2.21. The smallest absolute Gasteiger partial charge is 0.211 e. The third-order valence-electron chi connectivity index (χ3n) is 2.19. The lowest BCUT2D eigenvalue weighted by molar-refractivity contribution is 0.421. The molecule has 0 aromatic carbocycles. The molecule has 0 amide bonds. The van der Waals surface area contributed by atoms with E-state index in [0.717, 1.165) is 5.75 Å². The lowest BCUT2D eigenvalue weighted by atomic mass is 10.4. The van der Waals surface area contributed by atoms with E-state index < -0.39 is 15.3 Å². The van der Waals surface area contributed by atoms with Crippen LogP contribution in [0, 0.1) is 11.3 Å². The van der Waals surface area contributed by atoms with Crippen molar-refractivity contribution < 1.29 is 8.42 Å². The average Bonchev–Trinajstić information content (AvgIpc) is 2.16. The Morgan fingerprint density at radius 1 is 1.64 bits per heavy atom. The number of thioether (sulfide) groups is 1. The maximum atomic E-state index is 11.8. The van der Waals surface area contributed by atoms with Gasteiger partial charge in [0.1, 0.15) is 0 Å². The molecule has 1 aliphatic rings. The van der Waals surface area contributed by atoms with Crippen molar-refractivity contribution in [2.24, 2.45) is 0 Å². The number of nitrogens with zero attached hydrogens (tertiary/aromatic N) is 2. The van der Waals surface area contributed by atoms with Gasteiger partial charge < -0.3 is 0 Å². The van der Waals surface area contributed by atoms with E-state index in [1.54, 1.807) is 17.8 Å². The Labute approximate surface area is 89.3 Å². The van der Waals surface area contributed by atoms with Crippen LogP contribution in [0.3, 0.4) is 0 Å². The van der Waals surface area contributed by atoms with Crippen molar-refractivity contribution in [2.45, 2.75) is 24.3 Å². The zero-order chi connectivity index (χ0) is 10.8. The highest BCUT2D eigenvalue weighted by molar-refractivity contribution is 8.00. The minimum atomic E-state index is -3.39. The maximum Gasteiger partial charge on any atom is 0.230 e. The quantitative estimate of drug-likeness (QED) is 0.704. The molecule has 1 rings (SSSR count). The predicted molar refractivity (Wildman–Crippen MR) is 57.5 cm³/mol. The van der Waals surface area contributed by atoms with Crippen LogP contribution in [0.15, 0.2) is 0 Å². The van der Waals surface area contributed by atoms with E-state index in [0.29, 0.717) is 18.3 Å². The van der Waals surface area contributed by atoms with Gasteiger partial charge in [-0.2, -0.15) is 21.3 Å². The second kappa shape index (κ2) is 4.51. The van der Waals surface area contributed by atoms with E-state index in [1.807, 2.05) is 6.92 Å². The summed E-state index contributed by atoms with van der Waals surface area (Å²) in [6, 6.07) is 1.78. The topological polar surface area (TPSA) is 61.2 Å². The minimum Gasteiger partial charge on any atom is -0.211 e. The molecule has 0 aromatic heterocycles. The first-order valence-corrected chi connectivity index (χ1v) is 7.04. The predicted octanol–water partition coefficient (Wildman–Crippen LogP) is 0.666. The largest absolute Gasteiger partial charge is 0.230 e. The fraction of sp³-hybridized carbons (Fsp3) is 0.875. The number of hydrogen-bond donors (Lipinski definition) is 0. The van der Waals surface area contributed by atoms with E-state index >= 15 is 0 Å². The molecule has 4 nitrogen and oxygen atoms in total. The Morgan fingerprint density at radius 3 is 2.79 bits per heavy atom. The van der Waals surface area contributed by atoms with E-state index in [9.17, 15) is 8.42 Å². The molecule has 0 bridgehead atoms. The summed E-state index contributed by atoms with van der Waals surface area (Å²) in [6.07, 6.45) is 0. The van der Waals surface area contributed by atoms with Gasteiger partial charge in [0.25, 0.3) is 0 Å². The van der Waals surface area contributed by atoms with Gasteiger partial charge >= 0.3 is 0 Å². The number of hydrogen-bond acceptors (Lipinski definition) is 4. The Morgan fingerprint density at radius 2 is 2.29 bits per heavy atom. The van der Waals surface area contributed by atoms with Crippen LogP contribution in [0.4, 0.5) is 0 Å². The first-order chi connectivity index (χ1) is 6.48. The van der Waals surface area contributed by atoms with Crippen molar-refractivity contribution in [2.75, 3.05) is 18.8 Å². The molecule has 14 heavy (non-hydrogen) atoms. The first kappa shape index (κ1) is 11.8. The number of sulfonamides is 1. The summed E-state index contributed by atoms with van der Waals surface area (Å²) in [6.45, 7) is 4.49. The van der Waals surface area contributed by atoms with Crippen molar-refractivity contribution in [3.05, 3.63) is 0 Å². The molecule has 0 spiro atoms. The van der Waals surface area contributed by atoms with Gasteiger partial charge in [0.15, 0.2) is 5.25 Å². The summed E-state index contributed by atoms with van der Waals surface area (Å²) in [5.74, 6) is 0.818.